The Morgan fingerprint density at radius 3 is 2.61 bits per heavy atom. The number of hydrogen-bond donors (Lipinski definition) is 0. The maximum atomic E-state index is 11.9. The molecular formula is C15H14N2O5S. The van der Waals surface area contributed by atoms with Crippen molar-refractivity contribution in [2.45, 2.75) is 19.3 Å². The third kappa shape index (κ3) is 4.93. The lowest BCUT2D eigenvalue weighted by molar-refractivity contribution is 0.0437. The lowest BCUT2D eigenvalue weighted by Gasteiger charge is -2.04. The minimum absolute atomic E-state index is 0.0298. The molecule has 0 radical (unpaired) electrons. The Labute approximate surface area is 133 Å². The maximum absolute atomic E-state index is 11.9. The normalized spacial score (nSPS) is 11.0. The van der Waals surface area contributed by atoms with Crippen molar-refractivity contribution >= 4 is 15.8 Å². The van der Waals surface area contributed by atoms with Crippen LogP contribution in [0.25, 0.3) is 0 Å². The largest absolute Gasteiger partial charge is 0.454 e. The molecule has 0 aliphatic rings. The van der Waals surface area contributed by atoms with Crippen LogP contribution in [0.2, 0.25) is 0 Å². The van der Waals surface area contributed by atoms with E-state index in [-0.39, 0.29) is 12.4 Å². The molecule has 0 saturated heterocycles. The second-order valence-electron chi connectivity index (χ2n) is 4.90. The number of carbonyl (C=O) groups is 1. The van der Waals surface area contributed by atoms with Crippen LogP contribution < -0.4 is 0 Å². The minimum atomic E-state index is -3.46. The van der Waals surface area contributed by atoms with Crippen LogP contribution in [0, 0.1) is 18.3 Å². The molecule has 23 heavy (non-hydrogen) atoms. The van der Waals surface area contributed by atoms with Gasteiger partial charge in [0.25, 0.3) is 0 Å². The number of aryl methyl sites for hydroxylation is 1. The highest BCUT2D eigenvalue weighted by atomic mass is 32.2. The monoisotopic (exact) mass is 334 g/mol. The third-order valence-electron chi connectivity index (χ3n) is 2.88. The summed E-state index contributed by atoms with van der Waals surface area (Å²) in [5.74, 6) is -0.888. The Kier molecular flexibility index (Phi) is 5.13. The van der Waals surface area contributed by atoms with Gasteiger partial charge >= 0.3 is 5.97 Å². The minimum Gasteiger partial charge on any atom is -0.454 e. The van der Waals surface area contributed by atoms with Gasteiger partial charge in [-0.15, -0.1) is 0 Å². The molecule has 1 heterocycles. The molecule has 2 aromatic rings. The molecule has 0 unspecified atom stereocenters. The maximum Gasteiger partial charge on any atom is 0.338 e. The van der Waals surface area contributed by atoms with Crippen molar-refractivity contribution in [2.75, 3.05) is 5.75 Å². The lowest BCUT2D eigenvalue weighted by atomic mass is 10.1. The van der Waals surface area contributed by atoms with E-state index in [1.165, 1.54) is 24.3 Å². The van der Waals surface area contributed by atoms with Crippen molar-refractivity contribution in [3.63, 3.8) is 0 Å². The van der Waals surface area contributed by atoms with Gasteiger partial charge in [-0.25, -0.2) is 13.2 Å². The molecule has 7 nitrogen and oxygen atoms in total. The van der Waals surface area contributed by atoms with Crippen molar-refractivity contribution in [1.82, 2.24) is 5.16 Å². The number of nitriles is 1. The van der Waals surface area contributed by atoms with Gasteiger partial charge in [-0.3, -0.25) is 0 Å². The van der Waals surface area contributed by atoms with Gasteiger partial charge in [-0.2, -0.15) is 5.26 Å². The van der Waals surface area contributed by atoms with Crippen molar-refractivity contribution in [1.29, 1.82) is 5.26 Å². The quantitative estimate of drug-likeness (QED) is 0.740. The van der Waals surface area contributed by atoms with E-state index >= 15 is 0 Å². The van der Waals surface area contributed by atoms with Crippen molar-refractivity contribution in [3.05, 3.63) is 52.9 Å². The SMILES string of the molecule is Cc1cc(COC(=O)c2ccc(CS(=O)(=O)CC#N)cc2)on1. The van der Waals surface area contributed by atoms with Gasteiger partial charge in [-0.05, 0) is 24.6 Å². The highest BCUT2D eigenvalue weighted by Crippen LogP contribution is 2.11. The number of benzene rings is 1. The Balaban J connectivity index is 1.96. The van der Waals surface area contributed by atoms with Crippen LogP contribution in [0.4, 0.5) is 0 Å². The van der Waals surface area contributed by atoms with Crippen LogP contribution in [0.5, 0.6) is 0 Å². The van der Waals surface area contributed by atoms with E-state index in [2.05, 4.69) is 5.16 Å². The molecule has 2 rings (SSSR count). The predicted octanol–water partition coefficient (Wildman–Crippen LogP) is 1.78. The molecule has 0 amide bonds. The Morgan fingerprint density at radius 2 is 2.04 bits per heavy atom. The van der Waals surface area contributed by atoms with Gasteiger partial charge in [0.15, 0.2) is 22.2 Å². The first-order valence-corrected chi connectivity index (χ1v) is 8.47. The van der Waals surface area contributed by atoms with Gasteiger partial charge in [0.1, 0.15) is 5.75 Å². The van der Waals surface area contributed by atoms with Crippen LogP contribution >= 0.6 is 0 Å². The first kappa shape index (κ1) is 16.7. The Morgan fingerprint density at radius 1 is 1.35 bits per heavy atom. The molecule has 0 spiro atoms. The highest BCUT2D eigenvalue weighted by molar-refractivity contribution is 7.90. The van der Waals surface area contributed by atoms with Crippen molar-refractivity contribution in [2.24, 2.45) is 0 Å². The van der Waals surface area contributed by atoms with Gasteiger partial charge < -0.3 is 9.26 Å². The molecule has 0 aliphatic carbocycles. The van der Waals surface area contributed by atoms with E-state index in [1.807, 2.05) is 0 Å². The number of esters is 1. The molecular weight excluding hydrogens is 320 g/mol. The van der Waals surface area contributed by atoms with Crippen LogP contribution in [0.1, 0.15) is 27.4 Å². The summed E-state index contributed by atoms with van der Waals surface area (Å²) in [5, 5.41) is 12.1. The third-order valence-corrected chi connectivity index (χ3v) is 4.23. The molecule has 1 aromatic carbocycles. The molecule has 120 valence electrons. The summed E-state index contributed by atoms with van der Waals surface area (Å²) in [6.45, 7) is 1.73. The smallest absolute Gasteiger partial charge is 0.338 e. The lowest BCUT2D eigenvalue weighted by Crippen LogP contribution is -2.08. The van der Waals surface area contributed by atoms with E-state index in [1.54, 1.807) is 19.1 Å². The summed E-state index contributed by atoms with van der Waals surface area (Å²) in [6, 6.07) is 9.27. The zero-order chi connectivity index (χ0) is 16.9. The number of aromatic nitrogens is 1. The summed E-state index contributed by atoms with van der Waals surface area (Å²) in [4.78, 5) is 11.9. The second kappa shape index (κ2) is 7.07. The van der Waals surface area contributed by atoms with Crippen LogP contribution in [0.3, 0.4) is 0 Å². The standard InChI is InChI=1S/C15H14N2O5S/c1-11-8-14(22-17-11)9-21-15(18)13-4-2-12(3-5-13)10-23(19,20)7-6-16/h2-5,8H,7,9-10H2,1H3. The topological polar surface area (TPSA) is 110 Å². The Bertz CT molecular complexity index is 831. The Hall–Kier alpha value is -2.66. The van der Waals surface area contributed by atoms with Gasteiger partial charge in [-0.1, -0.05) is 17.3 Å². The molecule has 0 bridgehead atoms. The molecule has 0 aliphatic heterocycles. The summed E-state index contributed by atoms with van der Waals surface area (Å²) in [6.07, 6.45) is 0. The molecule has 0 N–H and O–H groups in total. The number of rotatable bonds is 6. The van der Waals surface area contributed by atoms with E-state index in [0.29, 0.717) is 22.6 Å². The number of carbonyl (C=O) groups excluding carboxylic acids is 1. The molecule has 8 heteroatoms. The van der Waals surface area contributed by atoms with Crippen molar-refractivity contribution < 1.29 is 22.5 Å². The fourth-order valence-corrected chi connectivity index (χ4v) is 2.84. The fraction of sp³-hybridized carbons (Fsp3) is 0.267. The highest BCUT2D eigenvalue weighted by Gasteiger charge is 2.13. The summed E-state index contributed by atoms with van der Waals surface area (Å²) >= 11 is 0. The number of nitrogens with zero attached hydrogens (tertiary/aromatic N) is 2. The molecule has 0 fully saturated rings. The van der Waals surface area contributed by atoms with Crippen molar-refractivity contribution in [3.8, 4) is 6.07 Å². The summed E-state index contributed by atoms with van der Waals surface area (Å²) in [7, 11) is -3.46. The first-order valence-electron chi connectivity index (χ1n) is 6.65. The van der Waals surface area contributed by atoms with E-state index < -0.39 is 21.6 Å². The average molecular weight is 334 g/mol. The summed E-state index contributed by atoms with van der Waals surface area (Å²) < 4.78 is 33.1. The van der Waals surface area contributed by atoms with Crippen LogP contribution in [0.15, 0.2) is 34.9 Å². The predicted molar refractivity (Wildman–Crippen MR) is 79.9 cm³/mol. The molecule has 0 saturated carbocycles. The van der Waals surface area contributed by atoms with Gasteiger partial charge in [0.05, 0.1) is 23.1 Å². The number of ether oxygens (including phenoxy) is 1. The fourth-order valence-electron chi connectivity index (χ4n) is 1.84. The van der Waals surface area contributed by atoms with E-state index in [4.69, 9.17) is 14.5 Å². The number of sulfone groups is 1. The van der Waals surface area contributed by atoms with Crippen LogP contribution in [-0.4, -0.2) is 25.3 Å². The first-order chi connectivity index (χ1) is 10.9. The molecule has 0 atom stereocenters. The van der Waals surface area contributed by atoms with E-state index in [0.717, 1.165) is 0 Å². The number of hydrogen-bond acceptors (Lipinski definition) is 7. The average Bonchev–Trinajstić information content (AvgIpc) is 2.90. The zero-order valence-corrected chi connectivity index (χ0v) is 13.2. The molecule has 1 aromatic heterocycles. The second-order valence-corrected chi connectivity index (χ2v) is 6.96. The van der Waals surface area contributed by atoms with Gasteiger partial charge in [0.2, 0.25) is 0 Å². The van der Waals surface area contributed by atoms with Crippen LogP contribution in [-0.2, 0) is 26.9 Å². The summed E-state index contributed by atoms with van der Waals surface area (Å²) in [5.41, 5.74) is 1.49. The zero-order valence-electron chi connectivity index (χ0n) is 12.4. The van der Waals surface area contributed by atoms with Gasteiger partial charge in [0, 0.05) is 6.07 Å². The van der Waals surface area contributed by atoms with E-state index in [9.17, 15) is 13.2 Å².